The van der Waals surface area contributed by atoms with Gasteiger partial charge in [-0.05, 0) is 30.7 Å². The van der Waals surface area contributed by atoms with Crippen molar-refractivity contribution in [2.24, 2.45) is 4.99 Å². The zero-order chi connectivity index (χ0) is 21.1. The van der Waals surface area contributed by atoms with Gasteiger partial charge < -0.3 is 20.7 Å². The summed E-state index contributed by atoms with van der Waals surface area (Å²) in [5.41, 5.74) is 0.442. The van der Waals surface area contributed by atoms with Crippen LogP contribution in [0, 0.1) is 5.82 Å². The number of rotatable bonds is 9. The summed E-state index contributed by atoms with van der Waals surface area (Å²) in [5.74, 6) is 0.513. The van der Waals surface area contributed by atoms with Gasteiger partial charge in [-0.1, -0.05) is 36.7 Å². The minimum absolute atomic E-state index is 0. The Kier molecular flexibility index (Phi) is 12.1. The van der Waals surface area contributed by atoms with Gasteiger partial charge in [0.2, 0.25) is 0 Å². The van der Waals surface area contributed by atoms with E-state index in [0.29, 0.717) is 41.9 Å². The topological polar surface area (TPSA) is 74.8 Å². The molecule has 0 saturated heterocycles. The van der Waals surface area contributed by atoms with Gasteiger partial charge in [-0.3, -0.25) is 9.79 Å². The second kappa shape index (κ2) is 14.0. The van der Waals surface area contributed by atoms with Crippen molar-refractivity contribution in [2.75, 3.05) is 26.7 Å². The fraction of sp³-hybridized carbons (Fsp3) is 0.333. The summed E-state index contributed by atoms with van der Waals surface area (Å²) in [7, 11) is 1.66. The van der Waals surface area contributed by atoms with Crippen LogP contribution in [0.25, 0.3) is 0 Å². The molecule has 0 aromatic heterocycles. The van der Waals surface area contributed by atoms with Crippen LogP contribution >= 0.6 is 35.6 Å². The molecule has 0 fully saturated rings. The highest BCUT2D eigenvalue weighted by Gasteiger charge is 2.11. The second-order valence-corrected chi connectivity index (χ2v) is 6.63. The lowest BCUT2D eigenvalue weighted by atomic mass is 10.2. The Morgan fingerprint density at radius 3 is 2.53 bits per heavy atom. The molecule has 0 heterocycles. The van der Waals surface area contributed by atoms with Crippen LogP contribution in [0.3, 0.4) is 0 Å². The molecule has 1 atom stereocenters. The van der Waals surface area contributed by atoms with Gasteiger partial charge in [0.25, 0.3) is 5.91 Å². The van der Waals surface area contributed by atoms with E-state index in [1.54, 1.807) is 43.4 Å². The Morgan fingerprint density at radius 1 is 1.13 bits per heavy atom. The van der Waals surface area contributed by atoms with Crippen LogP contribution in [-0.2, 0) is 0 Å². The third-order valence-corrected chi connectivity index (χ3v) is 4.43. The van der Waals surface area contributed by atoms with Crippen molar-refractivity contribution in [1.82, 2.24) is 16.0 Å². The summed E-state index contributed by atoms with van der Waals surface area (Å²) >= 11 is 6.02. The first-order valence-corrected chi connectivity index (χ1v) is 9.80. The summed E-state index contributed by atoms with van der Waals surface area (Å²) in [6, 6.07) is 13.0. The van der Waals surface area contributed by atoms with Crippen molar-refractivity contribution < 1.29 is 13.9 Å². The van der Waals surface area contributed by atoms with E-state index >= 15 is 0 Å². The molecule has 0 spiro atoms. The molecule has 0 aliphatic heterocycles. The van der Waals surface area contributed by atoms with Crippen LogP contribution in [0.4, 0.5) is 4.39 Å². The average molecular weight is 549 g/mol. The molecule has 0 bridgehead atoms. The lowest BCUT2D eigenvalue weighted by Gasteiger charge is -2.20. The van der Waals surface area contributed by atoms with Gasteiger partial charge in [-0.15, -0.1) is 24.0 Å². The maximum Gasteiger partial charge on any atom is 0.252 e. The molecule has 6 nitrogen and oxygen atoms in total. The molecule has 164 valence electrons. The zero-order valence-electron chi connectivity index (χ0n) is 17.0. The molecule has 1 amide bonds. The molecule has 0 radical (unpaired) electrons. The molecule has 30 heavy (non-hydrogen) atoms. The maximum atomic E-state index is 13.3. The second-order valence-electron chi connectivity index (χ2n) is 6.22. The Bertz CT molecular complexity index is 838. The van der Waals surface area contributed by atoms with E-state index in [1.165, 1.54) is 12.1 Å². The van der Waals surface area contributed by atoms with Crippen LogP contribution < -0.4 is 20.7 Å². The highest BCUT2D eigenvalue weighted by Crippen LogP contribution is 2.15. The van der Waals surface area contributed by atoms with Crippen molar-refractivity contribution in [2.45, 2.75) is 19.4 Å². The van der Waals surface area contributed by atoms with Crippen LogP contribution in [0.1, 0.15) is 23.7 Å². The van der Waals surface area contributed by atoms with Gasteiger partial charge in [0.15, 0.2) is 5.96 Å². The molecular weight excluding hydrogens is 522 g/mol. The van der Waals surface area contributed by atoms with E-state index in [2.05, 4.69) is 20.9 Å². The summed E-state index contributed by atoms with van der Waals surface area (Å²) in [6.45, 7) is 3.38. The molecule has 1 unspecified atom stereocenters. The minimum atomic E-state index is -0.332. The number of carbonyl (C=O) groups excluding carboxylic acids is 1. The Balaban J connectivity index is 0.00000450. The summed E-state index contributed by atoms with van der Waals surface area (Å²) < 4.78 is 19.1. The third-order valence-electron chi connectivity index (χ3n) is 4.10. The van der Waals surface area contributed by atoms with Crippen molar-refractivity contribution in [3.8, 4) is 5.75 Å². The van der Waals surface area contributed by atoms with E-state index in [0.717, 1.165) is 6.42 Å². The summed E-state index contributed by atoms with van der Waals surface area (Å²) in [6.07, 6.45) is 0.601. The average Bonchev–Trinajstić information content (AvgIpc) is 2.72. The van der Waals surface area contributed by atoms with Crippen LogP contribution in [0.5, 0.6) is 5.75 Å². The first kappa shape index (κ1) is 26.0. The predicted octanol–water partition coefficient (Wildman–Crippen LogP) is 3.85. The highest BCUT2D eigenvalue weighted by molar-refractivity contribution is 14.0. The first-order chi connectivity index (χ1) is 14.0. The van der Waals surface area contributed by atoms with Crippen LogP contribution in [-0.4, -0.2) is 44.7 Å². The number of ether oxygens (including phenoxy) is 1. The number of benzene rings is 2. The van der Waals surface area contributed by atoms with Crippen molar-refractivity contribution in [3.05, 3.63) is 64.9 Å². The van der Waals surface area contributed by atoms with Crippen LogP contribution in [0.2, 0.25) is 5.02 Å². The molecule has 0 saturated carbocycles. The Morgan fingerprint density at radius 2 is 1.87 bits per heavy atom. The Hall–Kier alpha value is -2.07. The molecule has 2 aromatic carbocycles. The van der Waals surface area contributed by atoms with E-state index in [-0.39, 0.29) is 41.8 Å². The molecule has 2 rings (SSSR count). The molecule has 0 aliphatic carbocycles. The highest BCUT2D eigenvalue weighted by atomic mass is 127. The monoisotopic (exact) mass is 548 g/mol. The van der Waals surface area contributed by atoms with E-state index in [4.69, 9.17) is 16.3 Å². The number of guanidine groups is 1. The molecule has 2 aromatic rings. The van der Waals surface area contributed by atoms with Crippen molar-refractivity contribution >= 4 is 47.4 Å². The number of carbonyl (C=O) groups is 1. The number of nitrogens with zero attached hydrogens (tertiary/aromatic N) is 1. The number of hydrogen-bond donors (Lipinski definition) is 3. The molecule has 0 aliphatic rings. The number of amides is 1. The van der Waals surface area contributed by atoms with Gasteiger partial charge in [-0.2, -0.15) is 0 Å². The van der Waals surface area contributed by atoms with Gasteiger partial charge in [0.05, 0.1) is 17.1 Å². The number of hydrogen-bond acceptors (Lipinski definition) is 3. The molecule has 9 heteroatoms. The quantitative estimate of drug-likeness (QED) is 0.193. The lowest BCUT2D eigenvalue weighted by molar-refractivity contribution is 0.0954. The van der Waals surface area contributed by atoms with Gasteiger partial charge >= 0.3 is 0 Å². The van der Waals surface area contributed by atoms with Gasteiger partial charge in [0.1, 0.15) is 17.7 Å². The SMILES string of the molecule is CCC(CNC(=NC)NCCNC(=O)c1ccccc1Cl)Oc1cccc(F)c1.I. The van der Waals surface area contributed by atoms with E-state index in [1.807, 2.05) is 6.92 Å². The number of halogens is 3. The standard InChI is InChI=1S/C21H26ClFN4O2.HI/c1-3-16(29-17-8-6-7-15(23)13-17)14-27-21(24-2)26-12-11-25-20(28)18-9-4-5-10-19(18)22;/h4-10,13,16H,3,11-12,14H2,1-2H3,(H,25,28)(H2,24,26,27);1H. The van der Waals surface area contributed by atoms with Crippen molar-refractivity contribution in [1.29, 1.82) is 0 Å². The van der Waals surface area contributed by atoms with E-state index < -0.39 is 0 Å². The molecular formula is C21H27ClFIN4O2. The Labute approximate surface area is 198 Å². The summed E-state index contributed by atoms with van der Waals surface area (Å²) in [4.78, 5) is 16.3. The molecule has 3 N–H and O–H groups in total. The number of nitrogens with one attached hydrogen (secondary N) is 3. The fourth-order valence-corrected chi connectivity index (χ4v) is 2.75. The predicted molar refractivity (Wildman–Crippen MR) is 130 cm³/mol. The largest absolute Gasteiger partial charge is 0.489 e. The van der Waals surface area contributed by atoms with Crippen molar-refractivity contribution in [3.63, 3.8) is 0 Å². The van der Waals surface area contributed by atoms with Gasteiger partial charge in [-0.25, -0.2) is 4.39 Å². The third kappa shape index (κ3) is 8.74. The van der Waals surface area contributed by atoms with Crippen LogP contribution in [0.15, 0.2) is 53.5 Å². The number of aliphatic imine (C=N–C) groups is 1. The first-order valence-electron chi connectivity index (χ1n) is 9.43. The maximum absolute atomic E-state index is 13.3. The zero-order valence-corrected chi connectivity index (χ0v) is 20.0. The summed E-state index contributed by atoms with van der Waals surface area (Å²) in [5, 5.41) is 9.51. The van der Waals surface area contributed by atoms with Gasteiger partial charge in [0, 0.05) is 26.2 Å². The fourth-order valence-electron chi connectivity index (χ4n) is 2.53. The van der Waals surface area contributed by atoms with E-state index in [9.17, 15) is 9.18 Å². The normalized spacial score (nSPS) is 11.8. The minimum Gasteiger partial charge on any atom is -0.489 e. The lowest BCUT2D eigenvalue weighted by Crippen LogP contribution is -2.44. The smallest absolute Gasteiger partial charge is 0.252 e.